The second-order valence-corrected chi connectivity index (χ2v) is 8.48. The van der Waals surface area contributed by atoms with Crippen molar-refractivity contribution < 1.29 is 29.0 Å². The Morgan fingerprint density at radius 1 is 1.22 bits per heavy atom. The number of aromatic nitrogens is 2. The van der Waals surface area contributed by atoms with Crippen LogP contribution in [0.5, 0.6) is 5.75 Å². The lowest BCUT2D eigenvalue weighted by Crippen LogP contribution is -2.53. The van der Waals surface area contributed by atoms with Crippen molar-refractivity contribution >= 4 is 23.6 Å². The average Bonchev–Trinajstić information content (AvgIpc) is 3.09. The van der Waals surface area contributed by atoms with Gasteiger partial charge in [-0.2, -0.15) is 5.10 Å². The van der Waals surface area contributed by atoms with E-state index in [1.165, 1.54) is 0 Å². The van der Waals surface area contributed by atoms with Gasteiger partial charge in [0.2, 0.25) is 17.7 Å². The first-order valence-corrected chi connectivity index (χ1v) is 11.7. The zero-order valence-corrected chi connectivity index (χ0v) is 20.6. The molecule has 2 heterocycles. The Hall–Kier alpha value is -3.93. The van der Waals surface area contributed by atoms with Gasteiger partial charge in [-0.1, -0.05) is 12.1 Å². The topological polar surface area (TPSA) is 164 Å². The molecule has 194 valence electrons. The SMILES string of the molecule is Cc1nn(C)c(C)c1CCNC(=O)[C@@H]1CC(=O)N[C@@H](CO)C(=O)NCCOc2ccccc2C(=O)N1. The summed E-state index contributed by atoms with van der Waals surface area (Å²) in [5.74, 6) is -2.14. The zero-order valence-electron chi connectivity index (χ0n) is 20.6. The molecule has 1 aromatic heterocycles. The number of benzene rings is 1. The maximum Gasteiger partial charge on any atom is 0.255 e. The van der Waals surface area contributed by atoms with Crippen molar-refractivity contribution in [2.75, 3.05) is 26.3 Å². The second-order valence-electron chi connectivity index (χ2n) is 8.48. The Kier molecular flexibility index (Phi) is 9.01. The highest BCUT2D eigenvalue weighted by molar-refractivity contribution is 6.01. The summed E-state index contributed by atoms with van der Waals surface area (Å²) in [6, 6.07) is 4.05. The van der Waals surface area contributed by atoms with Crippen molar-refractivity contribution in [3.63, 3.8) is 0 Å². The number of para-hydroxylation sites is 1. The number of rotatable bonds is 5. The molecule has 12 heteroatoms. The van der Waals surface area contributed by atoms with Gasteiger partial charge in [0.15, 0.2) is 0 Å². The number of hydrogen-bond donors (Lipinski definition) is 5. The van der Waals surface area contributed by atoms with Gasteiger partial charge in [0.05, 0.1) is 30.8 Å². The van der Waals surface area contributed by atoms with E-state index in [0.717, 1.165) is 17.0 Å². The van der Waals surface area contributed by atoms with Crippen LogP contribution in [-0.4, -0.2) is 76.9 Å². The van der Waals surface area contributed by atoms with Crippen LogP contribution in [0.15, 0.2) is 24.3 Å². The lowest BCUT2D eigenvalue weighted by Gasteiger charge is -2.22. The summed E-state index contributed by atoms with van der Waals surface area (Å²) in [5, 5.41) is 24.2. The summed E-state index contributed by atoms with van der Waals surface area (Å²) in [6.07, 6.45) is 0.0862. The molecule has 3 rings (SSSR count). The van der Waals surface area contributed by atoms with E-state index in [1.807, 2.05) is 20.9 Å². The summed E-state index contributed by atoms with van der Waals surface area (Å²) < 4.78 is 7.41. The Balaban J connectivity index is 1.78. The van der Waals surface area contributed by atoms with Crippen molar-refractivity contribution in [1.29, 1.82) is 0 Å². The minimum Gasteiger partial charge on any atom is -0.491 e. The summed E-state index contributed by atoms with van der Waals surface area (Å²) >= 11 is 0. The number of carbonyl (C=O) groups excluding carboxylic acids is 4. The molecule has 0 radical (unpaired) electrons. The largest absolute Gasteiger partial charge is 0.491 e. The molecule has 0 saturated heterocycles. The number of hydrogen-bond acceptors (Lipinski definition) is 7. The third-order valence-electron chi connectivity index (χ3n) is 5.97. The van der Waals surface area contributed by atoms with Crippen molar-refractivity contribution in [3.8, 4) is 5.75 Å². The standard InChI is InChI=1S/C24H32N6O6/c1-14-16(15(2)30(3)29-14)8-9-25-23(34)18-12-21(32)27-19(13-31)24(35)26-10-11-36-20-7-5-4-6-17(20)22(33)28-18/h4-7,18-19,31H,8-13H2,1-3H3,(H,25,34)(H,26,35)(H,27,32)(H,28,33)/t18-,19-/m0/s1. The highest BCUT2D eigenvalue weighted by atomic mass is 16.5. The quantitative estimate of drug-likeness (QED) is 0.347. The molecule has 5 N–H and O–H groups in total. The van der Waals surface area contributed by atoms with Crippen LogP contribution in [0.2, 0.25) is 0 Å². The predicted molar refractivity (Wildman–Crippen MR) is 129 cm³/mol. The smallest absolute Gasteiger partial charge is 0.255 e. The van der Waals surface area contributed by atoms with Gasteiger partial charge >= 0.3 is 0 Å². The Bertz CT molecular complexity index is 1130. The predicted octanol–water partition coefficient (Wildman–Crippen LogP) is -1.13. The van der Waals surface area contributed by atoms with Crippen molar-refractivity contribution in [2.45, 2.75) is 38.8 Å². The van der Waals surface area contributed by atoms with Crippen LogP contribution in [0.25, 0.3) is 0 Å². The number of ether oxygens (including phenoxy) is 1. The Labute approximate surface area is 208 Å². The molecule has 2 atom stereocenters. The summed E-state index contributed by atoms with van der Waals surface area (Å²) in [7, 11) is 1.84. The molecule has 0 bridgehead atoms. The molecule has 1 aliphatic heterocycles. The fourth-order valence-electron chi connectivity index (χ4n) is 3.93. The number of amides is 4. The summed E-state index contributed by atoms with van der Waals surface area (Å²) in [5.41, 5.74) is 3.04. The third kappa shape index (κ3) is 6.60. The Morgan fingerprint density at radius 3 is 2.67 bits per heavy atom. The minimum absolute atomic E-state index is 0.0548. The van der Waals surface area contributed by atoms with Gasteiger partial charge in [-0.3, -0.25) is 23.9 Å². The van der Waals surface area contributed by atoms with E-state index in [0.29, 0.717) is 6.42 Å². The molecule has 36 heavy (non-hydrogen) atoms. The highest BCUT2D eigenvalue weighted by Gasteiger charge is 2.28. The highest BCUT2D eigenvalue weighted by Crippen LogP contribution is 2.18. The second kappa shape index (κ2) is 12.2. The maximum absolute atomic E-state index is 13.0. The number of fused-ring (bicyclic) bond motifs is 1. The fraction of sp³-hybridized carbons (Fsp3) is 0.458. The molecule has 2 aromatic rings. The van der Waals surface area contributed by atoms with Gasteiger partial charge < -0.3 is 31.1 Å². The molecular weight excluding hydrogens is 468 g/mol. The van der Waals surface area contributed by atoms with E-state index < -0.39 is 48.7 Å². The van der Waals surface area contributed by atoms with E-state index in [9.17, 15) is 24.3 Å². The molecule has 0 unspecified atom stereocenters. The van der Waals surface area contributed by atoms with E-state index in [-0.39, 0.29) is 31.0 Å². The van der Waals surface area contributed by atoms with Crippen LogP contribution in [0, 0.1) is 13.8 Å². The fourth-order valence-corrected chi connectivity index (χ4v) is 3.93. The number of aliphatic hydroxyl groups is 1. The number of carbonyl (C=O) groups is 4. The summed E-state index contributed by atoms with van der Waals surface area (Å²) in [4.78, 5) is 51.0. The normalized spacial score (nSPS) is 19.2. The van der Waals surface area contributed by atoms with Crippen LogP contribution in [-0.2, 0) is 27.9 Å². The molecule has 0 aliphatic carbocycles. The first-order chi connectivity index (χ1) is 17.2. The van der Waals surface area contributed by atoms with Gasteiger partial charge in [0.25, 0.3) is 5.91 Å². The third-order valence-corrected chi connectivity index (χ3v) is 5.97. The monoisotopic (exact) mass is 500 g/mol. The first-order valence-electron chi connectivity index (χ1n) is 11.7. The molecule has 0 fully saturated rings. The molecular formula is C24H32N6O6. The van der Waals surface area contributed by atoms with Crippen LogP contribution in [0.1, 0.15) is 33.7 Å². The van der Waals surface area contributed by atoms with Crippen LogP contribution in [0.3, 0.4) is 0 Å². The number of nitrogens with one attached hydrogen (secondary N) is 4. The molecule has 4 amide bonds. The summed E-state index contributed by atoms with van der Waals surface area (Å²) in [6.45, 7) is 3.61. The van der Waals surface area contributed by atoms with E-state index in [2.05, 4.69) is 26.4 Å². The van der Waals surface area contributed by atoms with Gasteiger partial charge in [-0.05, 0) is 38.0 Å². The maximum atomic E-state index is 13.0. The molecule has 1 aromatic carbocycles. The van der Waals surface area contributed by atoms with Gasteiger partial charge in [-0.15, -0.1) is 0 Å². The number of aryl methyl sites for hydroxylation is 2. The van der Waals surface area contributed by atoms with Crippen molar-refractivity contribution in [2.24, 2.45) is 7.05 Å². The van der Waals surface area contributed by atoms with Crippen LogP contribution < -0.4 is 26.0 Å². The zero-order chi connectivity index (χ0) is 26.2. The lowest BCUT2D eigenvalue weighted by atomic mass is 10.1. The number of aliphatic hydroxyl groups excluding tert-OH is 1. The lowest BCUT2D eigenvalue weighted by molar-refractivity contribution is -0.131. The first kappa shape index (κ1) is 26.7. The van der Waals surface area contributed by atoms with E-state index in [1.54, 1.807) is 28.9 Å². The van der Waals surface area contributed by atoms with Gasteiger partial charge in [0.1, 0.15) is 24.4 Å². The van der Waals surface area contributed by atoms with Crippen LogP contribution in [0.4, 0.5) is 0 Å². The van der Waals surface area contributed by atoms with Crippen molar-refractivity contribution in [3.05, 3.63) is 46.8 Å². The van der Waals surface area contributed by atoms with Gasteiger partial charge in [0, 0.05) is 19.3 Å². The van der Waals surface area contributed by atoms with E-state index >= 15 is 0 Å². The minimum atomic E-state index is -1.23. The van der Waals surface area contributed by atoms with E-state index in [4.69, 9.17) is 4.74 Å². The van der Waals surface area contributed by atoms with Crippen molar-refractivity contribution in [1.82, 2.24) is 31.0 Å². The Morgan fingerprint density at radius 2 is 1.97 bits per heavy atom. The average molecular weight is 501 g/mol. The molecule has 1 aliphatic rings. The van der Waals surface area contributed by atoms with Gasteiger partial charge in [-0.25, -0.2) is 0 Å². The van der Waals surface area contributed by atoms with Crippen LogP contribution >= 0.6 is 0 Å². The molecule has 0 saturated carbocycles. The number of nitrogens with zero attached hydrogens (tertiary/aromatic N) is 2. The molecule has 0 spiro atoms. The molecule has 12 nitrogen and oxygen atoms in total.